The van der Waals surface area contributed by atoms with E-state index >= 15 is 0 Å². The number of hydrogen-bond donors (Lipinski definition) is 2. The fourth-order valence-corrected chi connectivity index (χ4v) is 5.32. The van der Waals surface area contributed by atoms with Crippen LogP contribution in [0.4, 0.5) is 23.0 Å². The lowest BCUT2D eigenvalue weighted by Crippen LogP contribution is -2.47. The molecule has 0 bridgehead atoms. The van der Waals surface area contributed by atoms with Crippen LogP contribution in [0, 0.1) is 0 Å². The molecule has 1 atom stereocenters. The SMILES string of the molecule is COc1cc(C(=O)N2CCN(C)CC2)ccc1Nc1cc2c(nn1)NCCN2[C@H](C)c1cc(Cl)ccc1Cl. The maximum atomic E-state index is 13.0. The van der Waals surface area contributed by atoms with Crippen molar-refractivity contribution in [2.75, 3.05) is 69.0 Å². The third-order valence-electron chi connectivity index (χ3n) is 7.11. The molecular formula is C27H31Cl2N7O2. The van der Waals surface area contributed by atoms with Gasteiger partial charge in [0.25, 0.3) is 5.91 Å². The summed E-state index contributed by atoms with van der Waals surface area (Å²) >= 11 is 12.8. The van der Waals surface area contributed by atoms with E-state index in [1.165, 1.54) is 0 Å². The number of rotatable bonds is 6. The number of nitrogens with zero attached hydrogens (tertiary/aromatic N) is 5. The Hall–Kier alpha value is -3.27. The molecule has 3 heterocycles. The summed E-state index contributed by atoms with van der Waals surface area (Å²) in [4.78, 5) is 19.4. The standard InChI is InChI=1S/C27H31Cl2N7O2/c1-17(20-15-19(28)5-6-21(20)29)36-9-8-30-26-23(36)16-25(32-33-26)31-22-7-4-18(14-24(22)38-3)27(37)35-12-10-34(2)11-13-35/h4-7,14-17H,8-13H2,1-3H3,(H,30,33)(H,31,32)/t17-/m1/s1. The van der Waals surface area contributed by atoms with Crippen molar-refractivity contribution in [3.63, 3.8) is 0 Å². The number of ether oxygens (including phenoxy) is 1. The second-order valence-electron chi connectivity index (χ2n) is 9.56. The van der Waals surface area contributed by atoms with E-state index in [4.69, 9.17) is 27.9 Å². The average molecular weight is 556 g/mol. The number of halogens is 2. The van der Waals surface area contributed by atoms with Gasteiger partial charge in [0.05, 0.1) is 24.5 Å². The summed E-state index contributed by atoms with van der Waals surface area (Å²) in [5.74, 6) is 1.82. The molecule has 0 saturated carbocycles. The molecule has 5 rings (SSSR count). The maximum absolute atomic E-state index is 13.0. The molecule has 1 saturated heterocycles. The van der Waals surface area contributed by atoms with Gasteiger partial charge < -0.3 is 30.1 Å². The normalized spacial score (nSPS) is 16.4. The summed E-state index contributed by atoms with van der Waals surface area (Å²) in [6, 6.07) is 12.9. The van der Waals surface area contributed by atoms with Crippen LogP contribution in [-0.2, 0) is 0 Å². The number of hydrogen-bond acceptors (Lipinski definition) is 8. The molecule has 0 radical (unpaired) electrons. The summed E-state index contributed by atoms with van der Waals surface area (Å²) < 4.78 is 5.63. The first-order chi connectivity index (χ1) is 18.3. The number of fused-ring (bicyclic) bond motifs is 1. The fraction of sp³-hybridized carbons (Fsp3) is 0.370. The Kier molecular flexibility index (Phi) is 7.78. The second kappa shape index (κ2) is 11.2. The van der Waals surface area contributed by atoms with E-state index in [1.54, 1.807) is 19.2 Å². The third-order valence-corrected chi connectivity index (χ3v) is 7.69. The van der Waals surface area contributed by atoms with Crippen molar-refractivity contribution in [1.82, 2.24) is 20.0 Å². The number of piperazine rings is 1. The van der Waals surface area contributed by atoms with Crippen molar-refractivity contribution in [3.8, 4) is 5.75 Å². The largest absolute Gasteiger partial charge is 0.495 e. The Labute approximate surface area is 232 Å². The minimum atomic E-state index is -0.0338. The predicted molar refractivity (Wildman–Crippen MR) is 152 cm³/mol. The molecule has 9 nitrogen and oxygen atoms in total. The number of likely N-dealkylation sites (N-methyl/N-ethyl adjacent to an activating group) is 1. The molecule has 2 N–H and O–H groups in total. The quantitative estimate of drug-likeness (QED) is 0.443. The van der Waals surface area contributed by atoms with E-state index in [1.807, 2.05) is 35.2 Å². The van der Waals surface area contributed by atoms with Gasteiger partial charge in [-0.25, -0.2) is 0 Å². The van der Waals surface area contributed by atoms with Gasteiger partial charge in [-0.05, 0) is 55.9 Å². The van der Waals surface area contributed by atoms with Crippen LogP contribution in [0.1, 0.15) is 28.9 Å². The number of carbonyl (C=O) groups is 1. The number of benzene rings is 2. The Morgan fingerprint density at radius 3 is 2.61 bits per heavy atom. The highest BCUT2D eigenvalue weighted by Crippen LogP contribution is 2.38. The zero-order valence-electron chi connectivity index (χ0n) is 21.7. The van der Waals surface area contributed by atoms with E-state index in [-0.39, 0.29) is 11.9 Å². The summed E-state index contributed by atoms with van der Waals surface area (Å²) in [7, 11) is 3.66. The molecule has 1 amide bonds. The number of amides is 1. The van der Waals surface area contributed by atoms with E-state index in [9.17, 15) is 4.79 Å². The minimum absolute atomic E-state index is 0.00639. The zero-order chi connectivity index (χ0) is 26.8. The molecule has 2 aliphatic heterocycles. The van der Waals surface area contributed by atoms with Crippen LogP contribution >= 0.6 is 23.2 Å². The van der Waals surface area contributed by atoms with Crippen molar-refractivity contribution in [3.05, 3.63) is 63.6 Å². The highest BCUT2D eigenvalue weighted by molar-refractivity contribution is 6.33. The Balaban J connectivity index is 1.38. The molecule has 200 valence electrons. The lowest BCUT2D eigenvalue weighted by Gasteiger charge is -2.36. The maximum Gasteiger partial charge on any atom is 0.254 e. The van der Waals surface area contributed by atoms with Gasteiger partial charge >= 0.3 is 0 Å². The average Bonchev–Trinajstić information content (AvgIpc) is 2.94. The minimum Gasteiger partial charge on any atom is -0.495 e. The van der Waals surface area contributed by atoms with Crippen molar-refractivity contribution in [2.45, 2.75) is 13.0 Å². The van der Waals surface area contributed by atoms with E-state index in [0.29, 0.717) is 51.8 Å². The fourth-order valence-electron chi connectivity index (χ4n) is 4.87. The molecule has 3 aromatic rings. The van der Waals surface area contributed by atoms with Crippen LogP contribution < -0.4 is 20.3 Å². The van der Waals surface area contributed by atoms with Gasteiger partial charge in [-0.2, -0.15) is 0 Å². The second-order valence-corrected chi connectivity index (χ2v) is 10.4. The molecule has 11 heteroatoms. The molecule has 38 heavy (non-hydrogen) atoms. The Bertz CT molecular complexity index is 1330. The summed E-state index contributed by atoms with van der Waals surface area (Å²) in [5, 5.41) is 16.7. The number of methoxy groups -OCH3 is 1. The van der Waals surface area contributed by atoms with E-state index in [0.717, 1.165) is 37.4 Å². The van der Waals surface area contributed by atoms with Gasteiger partial charge in [0.1, 0.15) is 5.75 Å². The van der Waals surface area contributed by atoms with Crippen LogP contribution in [0.3, 0.4) is 0 Å². The summed E-state index contributed by atoms with van der Waals surface area (Å²) in [6.45, 7) is 6.75. The Morgan fingerprint density at radius 1 is 1.05 bits per heavy atom. The van der Waals surface area contributed by atoms with Crippen LogP contribution in [0.15, 0.2) is 42.5 Å². The predicted octanol–water partition coefficient (Wildman–Crippen LogP) is 4.92. The van der Waals surface area contributed by atoms with Gasteiger partial charge in [-0.3, -0.25) is 4.79 Å². The molecule has 1 aromatic heterocycles. The molecule has 0 aliphatic carbocycles. The molecule has 0 unspecified atom stereocenters. The van der Waals surface area contributed by atoms with Gasteiger partial charge in [0.2, 0.25) is 0 Å². The lowest BCUT2D eigenvalue weighted by atomic mass is 10.1. The van der Waals surface area contributed by atoms with Gasteiger partial charge in [0.15, 0.2) is 11.6 Å². The summed E-state index contributed by atoms with van der Waals surface area (Å²) in [5.41, 5.74) is 3.13. The highest BCUT2D eigenvalue weighted by atomic mass is 35.5. The number of carbonyl (C=O) groups excluding carboxylic acids is 1. The van der Waals surface area contributed by atoms with Crippen molar-refractivity contribution < 1.29 is 9.53 Å². The molecule has 2 aromatic carbocycles. The van der Waals surface area contributed by atoms with Crippen LogP contribution in [0.25, 0.3) is 0 Å². The molecular weight excluding hydrogens is 525 g/mol. The van der Waals surface area contributed by atoms with E-state index in [2.05, 4.69) is 44.6 Å². The molecule has 0 spiro atoms. The molecule has 2 aliphatic rings. The first-order valence-corrected chi connectivity index (χ1v) is 13.4. The van der Waals surface area contributed by atoms with E-state index < -0.39 is 0 Å². The third kappa shape index (κ3) is 5.45. The number of anilines is 4. The van der Waals surface area contributed by atoms with Gasteiger partial charge in [-0.1, -0.05) is 23.2 Å². The van der Waals surface area contributed by atoms with Gasteiger partial charge in [-0.15, -0.1) is 10.2 Å². The topological polar surface area (TPSA) is 85.9 Å². The van der Waals surface area contributed by atoms with Gasteiger partial charge in [0, 0.05) is 60.9 Å². The lowest BCUT2D eigenvalue weighted by molar-refractivity contribution is 0.0664. The first-order valence-electron chi connectivity index (χ1n) is 12.6. The smallest absolute Gasteiger partial charge is 0.254 e. The van der Waals surface area contributed by atoms with Crippen molar-refractivity contribution in [1.29, 1.82) is 0 Å². The number of aromatic nitrogens is 2. The number of nitrogens with one attached hydrogen (secondary N) is 2. The highest BCUT2D eigenvalue weighted by Gasteiger charge is 2.26. The first kappa shape index (κ1) is 26.3. The van der Waals surface area contributed by atoms with Crippen LogP contribution in [-0.4, -0.2) is 79.3 Å². The molecule has 1 fully saturated rings. The monoisotopic (exact) mass is 555 g/mol. The summed E-state index contributed by atoms with van der Waals surface area (Å²) in [6.07, 6.45) is 0. The van der Waals surface area contributed by atoms with Crippen LogP contribution in [0.2, 0.25) is 10.0 Å². The van der Waals surface area contributed by atoms with Crippen molar-refractivity contribution in [2.24, 2.45) is 0 Å². The van der Waals surface area contributed by atoms with Crippen molar-refractivity contribution >= 4 is 52.1 Å². The Morgan fingerprint density at radius 2 is 1.84 bits per heavy atom. The zero-order valence-corrected chi connectivity index (χ0v) is 23.2. The van der Waals surface area contributed by atoms with Crippen LogP contribution in [0.5, 0.6) is 5.75 Å².